The minimum Gasteiger partial charge on any atom is -0.468 e. The van der Waals surface area contributed by atoms with Gasteiger partial charge < -0.3 is 14.2 Å². The summed E-state index contributed by atoms with van der Waals surface area (Å²) in [5.41, 5.74) is 0. The summed E-state index contributed by atoms with van der Waals surface area (Å²) in [6, 6.07) is -0.360. The number of carbonyl (C=O) groups is 1. The van der Waals surface area contributed by atoms with Crippen LogP contribution in [-0.4, -0.2) is 45.7 Å². The number of hydrogen-bond acceptors (Lipinski definition) is 5. The zero-order valence-electron chi connectivity index (χ0n) is 7.20. The molecule has 2 atom stereocenters. The Morgan fingerprint density at radius 1 is 1.58 bits per heavy atom. The van der Waals surface area contributed by atoms with E-state index < -0.39 is 0 Å². The highest BCUT2D eigenvalue weighted by Crippen LogP contribution is 2.02. The summed E-state index contributed by atoms with van der Waals surface area (Å²) in [7, 11) is 2.91. The highest BCUT2D eigenvalue weighted by Gasteiger charge is 2.26. The van der Waals surface area contributed by atoms with Crippen LogP contribution in [0.15, 0.2) is 0 Å². The van der Waals surface area contributed by atoms with E-state index in [4.69, 9.17) is 9.47 Å². The second kappa shape index (κ2) is 4.39. The first-order valence-corrected chi connectivity index (χ1v) is 3.73. The van der Waals surface area contributed by atoms with Crippen LogP contribution in [0.25, 0.3) is 0 Å². The van der Waals surface area contributed by atoms with Crippen LogP contribution in [0.1, 0.15) is 0 Å². The van der Waals surface area contributed by atoms with Gasteiger partial charge in [0.05, 0.1) is 13.7 Å². The molecule has 1 aliphatic heterocycles. The molecular weight excluding hydrogens is 162 g/mol. The van der Waals surface area contributed by atoms with Crippen molar-refractivity contribution in [2.24, 2.45) is 0 Å². The Morgan fingerprint density at radius 2 is 2.33 bits per heavy atom. The molecule has 1 rings (SSSR count). The van der Waals surface area contributed by atoms with E-state index in [1.54, 1.807) is 7.11 Å². The van der Waals surface area contributed by atoms with Gasteiger partial charge in [-0.1, -0.05) is 0 Å². The molecule has 0 aromatic heterocycles. The van der Waals surface area contributed by atoms with E-state index >= 15 is 0 Å². The molecule has 1 aliphatic rings. The largest absolute Gasteiger partial charge is 0.468 e. The predicted molar refractivity (Wildman–Crippen MR) is 40.6 cm³/mol. The molecular formula is C7H13NO4. The van der Waals surface area contributed by atoms with Gasteiger partial charge >= 0.3 is 5.97 Å². The van der Waals surface area contributed by atoms with Gasteiger partial charge in [0.15, 0.2) is 6.29 Å². The molecule has 0 aromatic rings. The Kier molecular flexibility index (Phi) is 3.46. The van der Waals surface area contributed by atoms with Crippen LogP contribution in [0.4, 0.5) is 0 Å². The molecule has 0 saturated carbocycles. The molecule has 0 radical (unpaired) electrons. The second-order valence-electron chi connectivity index (χ2n) is 2.48. The lowest BCUT2D eigenvalue weighted by Crippen LogP contribution is -2.51. The highest BCUT2D eigenvalue weighted by atomic mass is 16.7. The topological polar surface area (TPSA) is 56.8 Å². The average molecular weight is 175 g/mol. The quantitative estimate of drug-likeness (QED) is 0.552. The third kappa shape index (κ3) is 2.17. The smallest absolute Gasteiger partial charge is 0.325 e. The molecule has 1 saturated heterocycles. The molecule has 5 nitrogen and oxygen atoms in total. The van der Waals surface area contributed by atoms with Crippen molar-refractivity contribution in [1.82, 2.24) is 5.32 Å². The van der Waals surface area contributed by atoms with Gasteiger partial charge in [0.1, 0.15) is 6.04 Å². The molecule has 0 aromatic carbocycles. The number of rotatable bonds is 2. The van der Waals surface area contributed by atoms with Gasteiger partial charge in [0, 0.05) is 13.7 Å². The molecule has 70 valence electrons. The van der Waals surface area contributed by atoms with E-state index in [-0.39, 0.29) is 18.3 Å². The van der Waals surface area contributed by atoms with Gasteiger partial charge in [-0.3, -0.25) is 10.1 Å². The number of methoxy groups -OCH3 is 2. The summed E-state index contributed by atoms with van der Waals surface area (Å²) < 4.78 is 14.6. The molecule has 1 N–H and O–H groups in total. The number of ether oxygens (including phenoxy) is 3. The normalized spacial score (nSPS) is 29.8. The SMILES string of the molecule is COC(=O)[C@@H]1COC(OC)CN1. The van der Waals surface area contributed by atoms with Crippen LogP contribution in [0.5, 0.6) is 0 Å². The molecule has 0 amide bonds. The van der Waals surface area contributed by atoms with Crippen LogP contribution in [-0.2, 0) is 19.0 Å². The monoisotopic (exact) mass is 175 g/mol. The summed E-state index contributed by atoms with van der Waals surface area (Å²) in [5.74, 6) is -0.301. The maximum Gasteiger partial charge on any atom is 0.325 e. The van der Waals surface area contributed by atoms with Crippen molar-refractivity contribution in [3.05, 3.63) is 0 Å². The lowest BCUT2D eigenvalue weighted by molar-refractivity contribution is -0.166. The van der Waals surface area contributed by atoms with E-state index in [1.807, 2.05) is 0 Å². The maximum atomic E-state index is 11.0. The fourth-order valence-electron chi connectivity index (χ4n) is 1.00. The van der Waals surface area contributed by atoms with Crippen molar-refractivity contribution in [2.75, 3.05) is 27.4 Å². The Balaban J connectivity index is 2.30. The van der Waals surface area contributed by atoms with Crippen molar-refractivity contribution < 1.29 is 19.0 Å². The second-order valence-corrected chi connectivity index (χ2v) is 2.48. The maximum absolute atomic E-state index is 11.0. The first kappa shape index (κ1) is 9.44. The lowest BCUT2D eigenvalue weighted by atomic mass is 10.3. The first-order chi connectivity index (χ1) is 5.77. The molecule has 1 fully saturated rings. The summed E-state index contributed by atoms with van der Waals surface area (Å²) in [4.78, 5) is 11.0. The predicted octanol–water partition coefficient (Wildman–Crippen LogP) is -0.880. The molecule has 12 heavy (non-hydrogen) atoms. The van der Waals surface area contributed by atoms with Crippen molar-refractivity contribution in [3.63, 3.8) is 0 Å². The number of esters is 1. The summed E-state index contributed by atoms with van der Waals surface area (Å²) in [6.07, 6.45) is -0.258. The van der Waals surface area contributed by atoms with Gasteiger partial charge in [0.25, 0.3) is 0 Å². The molecule has 1 unspecified atom stereocenters. The third-order valence-electron chi connectivity index (χ3n) is 1.73. The van der Waals surface area contributed by atoms with E-state index in [0.29, 0.717) is 13.2 Å². The van der Waals surface area contributed by atoms with Gasteiger partial charge in [0.2, 0.25) is 0 Å². The Bertz CT molecular complexity index is 153. The average Bonchev–Trinajstić information content (AvgIpc) is 2.17. The summed E-state index contributed by atoms with van der Waals surface area (Å²) in [5, 5.41) is 2.95. The highest BCUT2D eigenvalue weighted by molar-refractivity contribution is 5.75. The van der Waals surface area contributed by atoms with Crippen LogP contribution in [0.3, 0.4) is 0 Å². The molecule has 0 aliphatic carbocycles. The van der Waals surface area contributed by atoms with Crippen molar-refractivity contribution in [3.8, 4) is 0 Å². The standard InChI is InChI=1S/C7H13NO4/c1-10-6-3-8-5(4-12-6)7(9)11-2/h5-6,8H,3-4H2,1-2H3/t5-,6?/m0/s1. The minimum atomic E-state index is -0.360. The van der Waals surface area contributed by atoms with Crippen LogP contribution in [0.2, 0.25) is 0 Å². The summed E-state index contributed by atoms with van der Waals surface area (Å²) in [6.45, 7) is 0.807. The van der Waals surface area contributed by atoms with Crippen molar-refractivity contribution in [1.29, 1.82) is 0 Å². The lowest BCUT2D eigenvalue weighted by Gasteiger charge is -2.27. The number of morpholine rings is 1. The van der Waals surface area contributed by atoms with Gasteiger partial charge in [-0.25, -0.2) is 0 Å². The fourth-order valence-corrected chi connectivity index (χ4v) is 1.00. The number of carbonyl (C=O) groups excluding carboxylic acids is 1. The van der Waals surface area contributed by atoms with E-state index in [1.165, 1.54) is 7.11 Å². The Hall–Kier alpha value is -0.650. The van der Waals surface area contributed by atoms with Gasteiger partial charge in [-0.05, 0) is 0 Å². The van der Waals surface area contributed by atoms with E-state index in [9.17, 15) is 4.79 Å². The van der Waals surface area contributed by atoms with E-state index in [2.05, 4.69) is 10.1 Å². The summed E-state index contributed by atoms with van der Waals surface area (Å²) >= 11 is 0. The van der Waals surface area contributed by atoms with Crippen molar-refractivity contribution in [2.45, 2.75) is 12.3 Å². The van der Waals surface area contributed by atoms with Crippen LogP contribution < -0.4 is 5.32 Å². The first-order valence-electron chi connectivity index (χ1n) is 3.73. The molecule has 0 bridgehead atoms. The van der Waals surface area contributed by atoms with Crippen molar-refractivity contribution >= 4 is 5.97 Å². The third-order valence-corrected chi connectivity index (χ3v) is 1.73. The molecule has 5 heteroatoms. The fraction of sp³-hybridized carbons (Fsp3) is 0.857. The van der Waals surface area contributed by atoms with Crippen LogP contribution in [0, 0.1) is 0 Å². The zero-order chi connectivity index (χ0) is 8.97. The number of hydrogen-bond donors (Lipinski definition) is 1. The van der Waals surface area contributed by atoms with E-state index in [0.717, 1.165) is 0 Å². The number of nitrogens with one attached hydrogen (secondary N) is 1. The van der Waals surface area contributed by atoms with Crippen LogP contribution >= 0.6 is 0 Å². The molecule has 1 heterocycles. The Labute approximate surface area is 71.0 Å². The Morgan fingerprint density at radius 3 is 2.75 bits per heavy atom. The van der Waals surface area contributed by atoms with Gasteiger partial charge in [-0.15, -0.1) is 0 Å². The minimum absolute atomic E-state index is 0.258. The zero-order valence-corrected chi connectivity index (χ0v) is 7.20. The van der Waals surface area contributed by atoms with Gasteiger partial charge in [-0.2, -0.15) is 0 Å². The molecule has 0 spiro atoms.